The van der Waals surface area contributed by atoms with E-state index in [4.69, 9.17) is 4.74 Å². The number of carbonyl (C=O) groups excluding carboxylic acids is 1. The van der Waals surface area contributed by atoms with E-state index in [1.165, 1.54) is 12.1 Å². The highest BCUT2D eigenvalue weighted by Crippen LogP contribution is 2.45. The minimum atomic E-state index is -0.437. The molecule has 4 aromatic carbocycles. The Balaban J connectivity index is 1.55. The van der Waals surface area contributed by atoms with Gasteiger partial charge >= 0.3 is 0 Å². The number of aromatic nitrogens is 1. The van der Waals surface area contributed by atoms with Crippen LogP contribution in [0.5, 0.6) is 17.2 Å². The maximum Gasteiger partial charge on any atom is 0.232 e. The predicted octanol–water partition coefficient (Wildman–Crippen LogP) is 6.02. The number of H-pyrrole nitrogens is 1. The van der Waals surface area contributed by atoms with Crippen molar-refractivity contribution in [2.75, 3.05) is 0 Å². The molecule has 154 valence electrons. The molecule has 5 aromatic rings. The van der Waals surface area contributed by atoms with Crippen LogP contribution in [-0.4, -0.2) is 21.0 Å². The molecule has 0 atom stereocenters. The Hall–Kier alpha value is -4.51. The molecule has 0 saturated heterocycles. The first-order chi connectivity index (χ1) is 15.6. The molecule has 5 nitrogen and oxygen atoms in total. The van der Waals surface area contributed by atoms with Crippen LogP contribution in [0.4, 0.5) is 0 Å². The largest absolute Gasteiger partial charge is 0.504 e. The lowest BCUT2D eigenvalue weighted by molar-refractivity contribution is 0.101. The summed E-state index contributed by atoms with van der Waals surface area (Å²) in [5.74, 6) is -1.04. The second kappa shape index (κ2) is 6.75. The highest BCUT2D eigenvalue weighted by atomic mass is 16.5. The van der Waals surface area contributed by atoms with Crippen molar-refractivity contribution in [1.82, 2.24) is 4.98 Å². The lowest BCUT2D eigenvalue weighted by Crippen LogP contribution is -1.98. The van der Waals surface area contributed by atoms with Crippen molar-refractivity contribution in [1.29, 1.82) is 0 Å². The number of Topliss-reactive ketones (excluding diaryl/α,β-unsaturated/α-hetero) is 1. The molecule has 0 bridgehead atoms. The molecule has 3 N–H and O–H groups in total. The average molecular weight is 419 g/mol. The number of para-hydroxylation sites is 1. The number of benzene rings is 4. The van der Waals surface area contributed by atoms with Crippen molar-refractivity contribution in [3.63, 3.8) is 0 Å². The molecule has 5 heteroatoms. The molecule has 0 amide bonds. The van der Waals surface area contributed by atoms with Crippen LogP contribution in [0.2, 0.25) is 0 Å². The van der Waals surface area contributed by atoms with Crippen molar-refractivity contribution < 1.29 is 19.7 Å². The van der Waals surface area contributed by atoms with Gasteiger partial charge in [0.05, 0.1) is 11.3 Å². The zero-order valence-corrected chi connectivity index (χ0v) is 16.8. The van der Waals surface area contributed by atoms with E-state index >= 15 is 0 Å². The maximum atomic E-state index is 12.9. The smallest absolute Gasteiger partial charge is 0.232 e. The van der Waals surface area contributed by atoms with Crippen LogP contribution in [0.1, 0.15) is 15.9 Å². The molecule has 0 saturated carbocycles. The SMILES string of the molecule is O=C1/C(=C/c2c(-c3ccc4ccccc4c3)[nH]c3ccccc23)Oc2c1ccc(O)c2O. The molecular weight excluding hydrogens is 402 g/mol. The highest BCUT2D eigenvalue weighted by molar-refractivity contribution is 6.16. The van der Waals surface area contributed by atoms with Gasteiger partial charge in [-0.2, -0.15) is 0 Å². The van der Waals surface area contributed by atoms with Gasteiger partial charge in [-0.25, -0.2) is 0 Å². The van der Waals surface area contributed by atoms with Crippen LogP contribution in [-0.2, 0) is 0 Å². The number of aromatic amines is 1. The molecule has 1 aliphatic rings. The van der Waals surface area contributed by atoms with Gasteiger partial charge in [-0.1, -0.05) is 54.6 Å². The van der Waals surface area contributed by atoms with Crippen LogP contribution < -0.4 is 4.74 Å². The minimum absolute atomic E-state index is 0.0200. The standard InChI is InChI=1S/C27H17NO4/c29-22-12-11-19-25(30)23(32-27(19)26(22)31)14-20-18-7-3-4-8-21(18)28-24(20)17-10-9-15-5-1-2-6-16(15)13-17/h1-14,28-29,31H/b23-14-. The van der Waals surface area contributed by atoms with Gasteiger partial charge in [-0.3, -0.25) is 4.79 Å². The number of ether oxygens (including phenoxy) is 1. The molecule has 0 radical (unpaired) electrons. The van der Waals surface area contributed by atoms with Gasteiger partial charge in [-0.05, 0) is 46.7 Å². The molecule has 6 rings (SSSR count). The number of fused-ring (bicyclic) bond motifs is 3. The van der Waals surface area contributed by atoms with Crippen molar-refractivity contribution in [2.45, 2.75) is 0 Å². The van der Waals surface area contributed by atoms with Crippen LogP contribution in [0.15, 0.2) is 84.6 Å². The van der Waals surface area contributed by atoms with Gasteiger partial charge < -0.3 is 19.9 Å². The Morgan fingerprint density at radius 1 is 0.844 bits per heavy atom. The summed E-state index contributed by atoms with van der Waals surface area (Å²) in [5.41, 5.74) is 3.82. The van der Waals surface area contributed by atoms with Crippen molar-refractivity contribution in [2.24, 2.45) is 0 Å². The Bertz CT molecular complexity index is 1590. The van der Waals surface area contributed by atoms with Crippen LogP contribution >= 0.6 is 0 Å². The topological polar surface area (TPSA) is 82.6 Å². The minimum Gasteiger partial charge on any atom is -0.504 e. The molecule has 0 unspecified atom stereocenters. The van der Waals surface area contributed by atoms with E-state index in [0.717, 1.165) is 38.5 Å². The molecule has 0 aliphatic carbocycles. The Labute approximate surface area is 182 Å². The summed E-state index contributed by atoms with van der Waals surface area (Å²) in [6.45, 7) is 0. The molecule has 32 heavy (non-hydrogen) atoms. The third-order valence-electron chi connectivity index (χ3n) is 5.85. The fraction of sp³-hybridized carbons (Fsp3) is 0. The third-order valence-corrected chi connectivity index (χ3v) is 5.85. The quantitative estimate of drug-likeness (QED) is 0.242. The van der Waals surface area contributed by atoms with Gasteiger partial charge in [0.15, 0.2) is 17.3 Å². The number of hydrogen-bond acceptors (Lipinski definition) is 4. The van der Waals surface area contributed by atoms with Crippen molar-refractivity contribution >= 4 is 33.5 Å². The summed E-state index contributed by atoms with van der Waals surface area (Å²) in [6, 6.07) is 25.0. The number of phenols is 2. The fourth-order valence-electron chi connectivity index (χ4n) is 4.24. The van der Waals surface area contributed by atoms with E-state index < -0.39 is 5.75 Å². The maximum absolute atomic E-state index is 12.9. The Morgan fingerprint density at radius 2 is 1.62 bits per heavy atom. The predicted molar refractivity (Wildman–Crippen MR) is 124 cm³/mol. The van der Waals surface area contributed by atoms with Crippen molar-refractivity contribution in [3.8, 4) is 28.5 Å². The fourth-order valence-corrected chi connectivity index (χ4v) is 4.24. The van der Waals surface area contributed by atoms with E-state index in [9.17, 15) is 15.0 Å². The third kappa shape index (κ3) is 2.68. The molecule has 2 heterocycles. The number of aromatic hydroxyl groups is 2. The van der Waals surface area contributed by atoms with Crippen LogP contribution in [0.3, 0.4) is 0 Å². The number of hydrogen-bond donors (Lipinski definition) is 3. The normalized spacial score (nSPS) is 14.2. The zero-order valence-electron chi connectivity index (χ0n) is 16.8. The summed E-state index contributed by atoms with van der Waals surface area (Å²) >= 11 is 0. The average Bonchev–Trinajstić information content (AvgIpc) is 3.34. The monoisotopic (exact) mass is 419 g/mol. The number of phenolic OH excluding ortho intramolecular Hbond substituents is 2. The van der Waals surface area contributed by atoms with Gasteiger partial charge in [0.2, 0.25) is 11.5 Å². The summed E-state index contributed by atoms with van der Waals surface area (Å²) < 4.78 is 5.70. The second-order valence-electron chi connectivity index (χ2n) is 7.77. The summed E-state index contributed by atoms with van der Waals surface area (Å²) in [7, 11) is 0. The van der Waals surface area contributed by atoms with E-state index in [-0.39, 0.29) is 28.6 Å². The first kappa shape index (κ1) is 18.3. The lowest BCUT2D eigenvalue weighted by Gasteiger charge is -2.05. The summed E-state index contributed by atoms with van der Waals surface area (Å²) in [5, 5.41) is 23.1. The number of carbonyl (C=O) groups is 1. The first-order valence-corrected chi connectivity index (χ1v) is 10.2. The van der Waals surface area contributed by atoms with E-state index in [1.54, 1.807) is 6.08 Å². The van der Waals surface area contributed by atoms with E-state index in [0.29, 0.717) is 0 Å². The number of ketones is 1. The summed E-state index contributed by atoms with van der Waals surface area (Å²) in [4.78, 5) is 16.4. The van der Waals surface area contributed by atoms with Gasteiger partial charge in [-0.15, -0.1) is 0 Å². The van der Waals surface area contributed by atoms with Gasteiger partial charge in [0.1, 0.15) is 0 Å². The molecule has 1 aliphatic heterocycles. The molecule has 0 fully saturated rings. The summed E-state index contributed by atoms with van der Waals surface area (Å²) in [6.07, 6.45) is 1.70. The van der Waals surface area contributed by atoms with Crippen molar-refractivity contribution in [3.05, 3.63) is 95.7 Å². The number of allylic oxidation sites excluding steroid dienone is 1. The Kier molecular flexibility index (Phi) is 3.86. The second-order valence-corrected chi connectivity index (χ2v) is 7.77. The highest BCUT2D eigenvalue weighted by Gasteiger charge is 2.32. The zero-order chi connectivity index (χ0) is 21.8. The van der Waals surface area contributed by atoms with Crippen LogP contribution in [0.25, 0.3) is 39.0 Å². The number of rotatable bonds is 2. The lowest BCUT2D eigenvalue weighted by atomic mass is 10.0. The Morgan fingerprint density at radius 3 is 2.50 bits per heavy atom. The number of nitrogens with one attached hydrogen (secondary N) is 1. The van der Waals surface area contributed by atoms with E-state index in [1.807, 2.05) is 42.5 Å². The molecule has 0 spiro atoms. The molecule has 1 aromatic heterocycles. The van der Waals surface area contributed by atoms with E-state index in [2.05, 4.69) is 29.2 Å². The van der Waals surface area contributed by atoms with Gasteiger partial charge in [0, 0.05) is 16.5 Å². The first-order valence-electron chi connectivity index (χ1n) is 10.2. The van der Waals surface area contributed by atoms with Crippen LogP contribution in [0, 0.1) is 0 Å². The molecular formula is C27H17NO4. The van der Waals surface area contributed by atoms with Gasteiger partial charge in [0.25, 0.3) is 0 Å².